The van der Waals surface area contributed by atoms with Gasteiger partial charge in [-0.3, -0.25) is 14.4 Å². The molecule has 0 bridgehead atoms. The van der Waals surface area contributed by atoms with E-state index in [1.165, 1.54) is 24.4 Å². The van der Waals surface area contributed by atoms with Crippen molar-refractivity contribution in [3.63, 3.8) is 0 Å². The number of thiazole rings is 1. The van der Waals surface area contributed by atoms with Crippen molar-refractivity contribution >= 4 is 40.0 Å². The van der Waals surface area contributed by atoms with Gasteiger partial charge in [0, 0.05) is 35.3 Å². The Hall–Kier alpha value is -3.07. The molecule has 0 aliphatic heterocycles. The van der Waals surface area contributed by atoms with Crippen LogP contribution in [0.1, 0.15) is 59.8 Å². The van der Waals surface area contributed by atoms with Crippen LogP contribution in [0.4, 0.5) is 4.39 Å². The van der Waals surface area contributed by atoms with Crippen LogP contribution in [0.15, 0.2) is 29.8 Å². The van der Waals surface area contributed by atoms with Crippen LogP contribution in [0.2, 0.25) is 0 Å². The number of carbonyl (C=O) groups excluding carboxylic acids is 2. The lowest BCUT2D eigenvalue weighted by molar-refractivity contribution is -0.150. The first-order valence-electron chi connectivity index (χ1n) is 9.07. The number of halogens is 1. The number of hydrogen-bond donors (Lipinski definition) is 2. The van der Waals surface area contributed by atoms with E-state index in [1.807, 2.05) is 6.92 Å². The Morgan fingerprint density at radius 2 is 2.10 bits per heavy atom. The monoisotopic (exact) mass is 418 g/mol. The van der Waals surface area contributed by atoms with Crippen LogP contribution in [-0.4, -0.2) is 32.8 Å². The quantitative estimate of drug-likeness (QED) is 0.397. The van der Waals surface area contributed by atoms with Crippen LogP contribution >= 0.6 is 11.3 Å². The van der Waals surface area contributed by atoms with Gasteiger partial charge in [0.1, 0.15) is 11.9 Å². The van der Waals surface area contributed by atoms with Crippen molar-refractivity contribution in [3.8, 4) is 0 Å². The Labute approximate surface area is 169 Å². The SMILES string of the molecule is CCC(OC(=O)CCCC(=O)O)c1csc(C(=O)c2c[nH]c3cc(F)ccc23)n1. The number of nitrogens with one attached hydrogen (secondary N) is 1. The number of H-pyrrole nitrogens is 1. The molecule has 0 radical (unpaired) electrons. The molecule has 7 nitrogen and oxygen atoms in total. The molecule has 0 saturated carbocycles. The predicted octanol–water partition coefficient (Wildman–Crippen LogP) is 4.24. The van der Waals surface area contributed by atoms with Gasteiger partial charge in [0.25, 0.3) is 0 Å². The molecule has 0 saturated heterocycles. The lowest BCUT2D eigenvalue weighted by Crippen LogP contribution is -2.12. The van der Waals surface area contributed by atoms with Gasteiger partial charge in [-0.2, -0.15) is 0 Å². The highest BCUT2D eigenvalue weighted by Gasteiger charge is 2.22. The molecule has 2 aromatic heterocycles. The van der Waals surface area contributed by atoms with Gasteiger partial charge in [-0.1, -0.05) is 6.92 Å². The Morgan fingerprint density at radius 1 is 1.31 bits per heavy atom. The fourth-order valence-electron chi connectivity index (χ4n) is 2.89. The molecule has 0 aliphatic carbocycles. The first-order chi connectivity index (χ1) is 13.9. The molecule has 152 valence electrons. The fraction of sp³-hybridized carbons (Fsp3) is 0.300. The molecule has 3 rings (SSSR count). The van der Waals surface area contributed by atoms with Crippen molar-refractivity contribution < 1.29 is 28.6 Å². The van der Waals surface area contributed by atoms with E-state index < -0.39 is 23.9 Å². The van der Waals surface area contributed by atoms with E-state index in [4.69, 9.17) is 9.84 Å². The van der Waals surface area contributed by atoms with Crippen molar-refractivity contribution in [1.82, 2.24) is 9.97 Å². The molecule has 1 unspecified atom stereocenters. The van der Waals surface area contributed by atoms with Crippen molar-refractivity contribution in [1.29, 1.82) is 0 Å². The average Bonchev–Trinajstić information content (AvgIpc) is 3.32. The highest BCUT2D eigenvalue weighted by atomic mass is 32.1. The molecular weight excluding hydrogens is 399 g/mol. The van der Waals surface area contributed by atoms with Gasteiger partial charge in [0.15, 0.2) is 5.01 Å². The fourth-order valence-corrected chi connectivity index (χ4v) is 3.71. The topological polar surface area (TPSA) is 109 Å². The molecule has 0 fully saturated rings. The summed E-state index contributed by atoms with van der Waals surface area (Å²) >= 11 is 1.14. The van der Waals surface area contributed by atoms with Crippen molar-refractivity contribution in [2.45, 2.75) is 38.7 Å². The van der Waals surface area contributed by atoms with Gasteiger partial charge in [-0.15, -0.1) is 11.3 Å². The van der Waals surface area contributed by atoms with Crippen molar-refractivity contribution in [2.24, 2.45) is 0 Å². The van der Waals surface area contributed by atoms with Crippen LogP contribution in [0.5, 0.6) is 0 Å². The van der Waals surface area contributed by atoms with Crippen LogP contribution < -0.4 is 0 Å². The molecule has 2 N–H and O–H groups in total. The molecule has 2 heterocycles. The third-order valence-electron chi connectivity index (χ3n) is 4.35. The number of carboxylic acid groups (broad SMARTS) is 1. The lowest BCUT2D eigenvalue weighted by atomic mass is 10.1. The van der Waals surface area contributed by atoms with Gasteiger partial charge in [0.05, 0.1) is 11.3 Å². The summed E-state index contributed by atoms with van der Waals surface area (Å²) in [5.41, 5.74) is 1.38. The van der Waals surface area contributed by atoms with E-state index in [2.05, 4.69) is 9.97 Å². The second-order valence-electron chi connectivity index (χ2n) is 6.43. The maximum Gasteiger partial charge on any atom is 0.306 e. The molecule has 1 atom stereocenters. The number of benzene rings is 1. The summed E-state index contributed by atoms with van der Waals surface area (Å²) < 4.78 is 18.7. The van der Waals surface area contributed by atoms with Crippen LogP contribution in [0.3, 0.4) is 0 Å². The number of fused-ring (bicyclic) bond motifs is 1. The highest BCUT2D eigenvalue weighted by molar-refractivity contribution is 7.12. The van der Waals surface area contributed by atoms with Gasteiger partial charge in [0.2, 0.25) is 5.78 Å². The zero-order valence-electron chi connectivity index (χ0n) is 15.6. The molecule has 0 aliphatic rings. The third kappa shape index (κ3) is 4.86. The molecule has 9 heteroatoms. The number of ketones is 1. The standard InChI is InChI=1S/C20H19FN2O5S/c1-2-16(28-18(26)5-3-4-17(24)25)15-10-29-20(23-15)19(27)13-9-22-14-8-11(21)6-7-12(13)14/h6-10,16,22H,2-5H2,1H3,(H,24,25). The Kier molecular flexibility index (Phi) is 6.38. The number of aromatic nitrogens is 2. The number of ether oxygens (including phenoxy) is 1. The molecule has 0 amide bonds. The van der Waals surface area contributed by atoms with Crippen molar-refractivity contribution in [2.75, 3.05) is 0 Å². The predicted molar refractivity (Wildman–Crippen MR) is 104 cm³/mol. The molecule has 29 heavy (non-hydrogen) atoms. The first-order valence-corrected chi connectivity index (χ1v) is 9.95. The number of aliphatic carboxylic acids is 1. The summed E-state index contributed by atoms with van der Waals surface area (Å²) in [5.74, 6) is -2.17. The number of hydrogen-bond acceptors (Lipinski definition) is 6. The Bertz CT molecular complexity index is 1060. The minimum Gasteiger partial charge on any atom is -0.481 e. The summed E-state index contributed by atoms with van der Waals surface area (Å²) in [6, 6.07) is 4.14. The van der Waals surface area contributed by atoms with Gasteiger partial charge in [-0.25, -0.2) is 9.37 Å². The number of esters is 1. The molecule has 1 aromatic carbocycles. The van der Waals surface area contributed by atoms with E-state index >= 15 is 0 Å². The van der Waals surface area contributed by atoms with E-state index in [1.54, 1.807) is 5.38 Å². The molecular formula is C20H19FN2O5S. The number of carbonyl (C=O) groups is 3. The maximum atomic E-state index is 13.3. The number of nitrogens with zero attached hydrogens (tertiary/aromatic N) is 1. The van der Waals surface area contributed by atoms with E-state index in [0.717, 1.165) is 11.3 Å². The van der Waals surface area contributed by atoms with Crippen LogP contribution in [0.25, 0.3) is 10.9 Å². The van der Waals surface area contributed by atoms with E-state index in [0.29, 0.717) is 28.6 Å². The summed E-state index contributed by atoms with van der Waals surface area (Å²) in [4.78, 5) is 42.5. The normalized spacial score (nSPS) is 12.1. The second kappa shape index (κ2) is 8.95. The minimum absolute atomic E-state index is 0.00459. The summed E-state index contributed by atoms with van der Waals surface area (Å²) in [7, 11) is 0. The van der Waals surface area contributed by atoms with Crippen LogP contribution in [-0.2, 0) is 14.3 Å². The first kappa shape index (κ1) is 20.7. The maximum absolute atomic E-state index is 13.3. The van der Waals surface area contributed by atoms with Gasteiger partial charge < -0.3 is 14.8 Å². The zero-order chi connectivity index (χ0) is 21.0. The number of aromatic amines is 1. The summed E-state index contributed by atoms with van der Waals surface area (Å²) in [5, 5.41) is 11.1. The van der Waals surface area contributed by atoms with Crippen molar-refractivity contribution in [3.05, 3.63) is 51.9 Å². The van der Waals surface area contributed by atoms with Gasteiger partial charge in [-0.05, 0) is 31.0 Å². The number of rotatable bonds is 9. The smallest absolute Gasteiger partial charge is 0.306 e. The minimum atomic E-state index is -0.965. The van der Waals surface area contributed by atoms with E-state index in [-0.39, 0.29) is 30.1 Å². The highest BCUT2D eigenvalue weighted by Crippen LogP contribution is 2.27. The third-order valence-corrected chi connectivity index (χ3v) is 5.21. The Balaban J connectivity index is 1.71. The lowest BCUT2D eigenvalue weighted by Gasteiger charge is -2.13. The zero-order valence-corrected chi connectivity index (χ0v) is 16.4. The second-order valence-corrected chi connectivity index (χ2v) is 7.29. The van der Waals surface area contributed by atoms with Crippen LogP contribution in [0, 0.1) is 5.82 Å². The van der Waals surface area contributed by atoms with E-state index in [9.17, 15) is 18.8 Å². The summed E-state index contributed by atoms with van der Waals surface area (Å²) in [6.07, 6.45) is 1.48. The molecule has 0 spiro atoms. The average molecular weight is 418 g/mol. The van der Waals surface area contributed by atoms with Gasteiger partial charge >= 0.3 is 11.9 Å². The number of carboxylic acids is 1. The molecule has 3 aromatic rings. The Morgan fingerprint density at radius 3 is 2.83 bits per heavy atom. The largest absolute Gasteiger partial charge is 0.481 e. The summed E-state index contributed by atoms with van der Waals surface area (Å²) in [6.45, 7) is 1.82.